The lowest BCUT2D eigenvalue weighted by Crippen LogP contribution is -2.34. The molecule has 0 atom stereocenters. The van der Waals surface area contributed by atoms with Crippen molar-refractivity contribution >= 4 is 17.4 Å². The number of amides is 2. The molecule has 1 heterocycles. The number of hydrogen-bond donors (Lipinski definition) is 2. The van der Waals surface area contributed by atoms with Crippen molar-refractivity contribution in [2.45, 2.75) is 20.0 Å². The van der Waals surface area contributed by atoms with Crippen molar-refractivity contribution in [3.63, 3.8) is 0 Å². The van der Waals surface area contributed by atoms with Crippen LogP contribution in [0.25, 0.3) is 10.6 Å². The SMILES string of the molecule is COc1ccccc1CNC(=O)NCc1sc(-c2ccccc2)nc1C. The number of thiazole rings is 1. The molecule has 0 aliphatic rings. The van der Waals surface area contributed by atoms with Crippen molar-refractivity contribution in [2.75, 3.05) is 7.11 Å². The van der Waals surface area contributed by atoms with Crippen molar-refractivity contribution < 1.29 is 9.53 Å². The van der Waals surface area contributed by atoms with E-state index in [4.69, 9.17) is 4.74 Å². The first-order valence-electron chi connectivity index (χ1n) is 8.32. The fourth-order valence-corrected chi connectivity index (χ4v) is 3.55. The summed E-state index contributed by atoms with van der Waals surface area (Å²) in [6.07, 6.45) is 0. The number of para-hydroxylation sites is 1. The number of urea groups is 1. The monoisotopic (exact) mass is 367 g/mol. The van der Waals surface area contributed by atoms with E-state index in [1.165, 1.54) is 0 Å². The summed E-state index contributed by atoms with van der Waals surface area (Å²) < 4.78 is 5.29. The van der Waals surface area contributed by atoms with E-state index in [0.29, 0.717) is 13.1 Å². The molecular weight excluding hydrogens is 346 g/mol. The number of ether oxygens (including phenoxy) is 1. The van der Waals surface area contributed by atoms with Crippen LogP contribution in [0.3, 0.4) is 0 Å². The van der Waals surface area contributed by atoms with Crippen LogP contribution in [0.15, 0.2) is 54.6 Å². The number of aryl methyl sites for hydroxylation is 1. The van der Waals surface area contributed by atoms with Gasteiger partial charge in [-0.1, -0.05) is 48.5 Å². The normalized spacial score (nSPS) is 10.4. The second-order valence-electron chi connectivity index (χ2n) is 5.74. The average Bonchev–Trinajstić information content (AvgIpc) is 3.06. The summed E-state index contributed by atoms with van der Waals surface area (Å²) in [7, 11) is 1.62. The minimum absolute atomic E-state index is 0.218. The molecule has 0 saturated carbocycles. The van der Waals surface area contributed by atoms with Gasteiger partial charge in [-0.15, -0.1) is 11.3 Å². The molecule has 0 aliphatic carbocycles. The Kier molecular flexibility index (Phi) is 5.86. The number of carbonyl (C=O) groups is 1. The van der Waals surface area contributed by atoms with Gasteiger partial charge >= 0.3 is 6.03 Å². The van der Waals surface area contributed by atoms with Gasteiger partial charge in [0, 0.05) is 22.5 Å². The van der Waals surface area contributed by atoms with Gasteiger partial charge in [0.05, 0.1) is 19.3 Å². The molecule has 2 aromatic carbocycles. The third-order valence-electron chi connectivity index (χ3n) is 3.95. The minimum atomic E-state index is -0.218. The summed E-state index contributed by atoms with van der Waals surface area (Å²) in [6, 6.07) is 17.5. The predicted octanol–water partition coefficient (Wildman–Crippen LogP) is 4.13. The Labute approximate surface area is 157 Å². The van der Waals surface area contributed by atoms with Gasteiger partial charge in [-0.2, -0.15) is 0 Å². The maximum absolute atomic E-state index is 12.1. The van der Waals surface area contributed by atoms with Crippen molar-refractivity contribution in [3.05, 3.63) is 70.7 Å². The number of aromatic nitrogens is 1. The third-order valence-corrected chi connectivity index (χ3v) is 5.16. The Balaban J connectivity index is 1.56. The van der Waals surface area contributed by atoms with Crippen molar-refractivity contribution in [1.29, 1.82) is 0 Å². The van der Waals surface area contributed by atoms with E-state index in [2.05, 4.69) is 15.6 Å². The van der Waals surface area contributed by atoms with Crippen LogP contribution in [-0.4, -0.2) is 18.1 Å². The van der Waals surface area contributed by atoms with Gasteiger partial charge in [0.15, 0.2) is 0 Å². The molecule has 0 spiro atoms. The van der Waals surface area contributed by atoms with Gasteiger partial charge in [-0.05, 0) is 13.0 Å². The first-order valence-corrected chi connectivity index (χ1v) is 9.14. The van der Waals surface area contributed by atoms with Crippen LogP contribution >= 0.6 is 11.3 Å². The predicted molar refractivity (Wildman–Crippen MR) is 104 cm³/mol. The number of rotatable bonds is 6. The van der Waals surface area contributed by atoms with Crippen LogP contribution in [0, 0.1) is 6.92 Å². The molecule has 3 aromatic rings. The molecule has 2 amide bonds. The first kappa shape index (κ1) is 17.9. The zero-order chi connectivity index (χ0) is 18.4. The Morgan fingerprint density at radius 1 is 1.04 bits per heavy atom. The smallest absolute Gasteiger partial charge is 0.315 e. The molecular formula is C20H21N3O2S. The molecule has 0 unspecified atom stereocenters. The van der Waals surface area contributed by atoms with E-state index in [9.17, 15) is 4.79 Å². The summed E-state index contributed by atoms with van der Waals surface area (Å²) in [6.45, 7) is 2.83. The lowest BCUT2D eigenvalue weighted by atomic mass is 10.2. The van der Waals surface area contributed by atoms with Gasteiger partial charge in [-0.25, -0.2) is 9.78 Å². The van der Waals surface area contributed by atoms with Gasteiger partial charge in [0.2, 0.25) is 0 Å². The highest BCUT2D eigenvalue weighted by Crippen LogP contribution is 2.27. The molecule has 0 fully saturated rings. The van der Waals surface area contributed by atoms with E-state index in [1.807, 2.05) is 61.5 Å². The van der Waals surface area contributed by atoms with Crippen LogP contribution in [0.4, 0.5) is 4.79 Å². The van der Waals surface area contributed by atoms with E-state index in [-0.39, 0.29) is 6.03 Å². The minimum Gasteiger partial charge on any atom is -0.496 e. The number of methoxy groups -OCH3 is 1. The van der Waals surface area contributed by atoms with Crippen LogP contribution < -0.4 is 15.4 Å². The molecule has 26 heavy (non-hydrogen) atoms. The highest BCUT2D eigenvalue weighted by molar-refractivity contribution is 7.15. The van der Waals surface area contributed by atoms with Crippen molar-refractivity contribution in [3.8, 4) is 16.3 Å². The molecule has 0 bridgehead atoms. The first-order chi connectivity index (χ1) is 12.7. The maximum Gasteiger partial charge on any atom is 0.315 e. The Morgan fingerprint density at radius 2 is 1.73 bits per heavy atom. The molecule has 0 saturated heterocycles. The van der Waals surface area contributed by atoms with Crippen molar-refractivity contribution in [1.82, 2.24) is 15.6 Å². The third kappa shape index (κ3) is 4.40. The van der Waals surface area contributed by atoms with E-state index >= 15 is 0 Å². The molecule has 1 aromatic heterocycles. The van der Waals surface area contributed by atoms with Gasteiger partial charge in [0.1, 0.15) is 10.8 Å². The maximum atomic E-state index is 12.1. The van der Waals surface area contributed by atoms with E-state index < -0.39 is 0 Å². The summed E-state index contributed by atoms with van der Waals surface area (Å²) in [4.78, 5) is 17.8. The standard InChI is InChI=1S/C20H21N3O2S/c1-14-18(26-19(23-14)15-8-4-3-5-9-15)13-22-20(24)21-12-16-10-6-7-11-17(16)25-2/h3-11H,12-13H2,1-2H3,(H2,21,22,24). The average molecular weight is 367 g/mol. The molecule has 3 rings (SSSR count). The second-order valence-corrected chi connectivity index (χ2v) is 6.83. The number of benzene rings is 2. The Morgan fingerprint density at radius 3 is 2.50 bits per heavy atom. The fourth-order valence-electron chi connectivity index (χ4n) is 2.54. The number of carbonyl (C=O) groups excluding carboxylic acids is 1. The van der Waals surface area contributed by atoms with Crippen LogP contribution in [0.5, 0.6) is 5.75 Å². The largest absolute Gasteiger partial charge is 0.496 e. The highest BCUT2D eigenvalue weighted by Gasteiger charge is 2.11. The summed E-state index contributed by atoms with van der Waals surface area (Å²) in [5.74, 6) is 0.763. The number of hydrogen-bond acceptors (Lipinski definition) is 4. The van der Waals surface area contributed by atoms with Gasteiger partial charge in [0.25, 0.3) is 0 Å². The lowest BCUT2D eigenvalue weighted by molar-refractivity contribution is 0.240. The summed E-state index contributed by atoms with van der Waals surface area (Å²) in [5, 5.41) is 6.71. The summed E-state index contributed by atoms with van der Waals surface area (Å²) >= 11 is 1.60. The molecule has 0 aliphatic heterocycles. The summed E-state index contributed by atoms with van der Waals surface area (Å²) in [5.41, 5.74) is 2.97. The van der Waals surface area contributed by atoms with Gasteiger partial charge in [-0.3, -0.25) is 0 Å². The zero-order valence-corrected chi connectivity index (χ0v) is 15.6. The molecule has 2 N–H and O–H groups in total. The van der Waals surface area contributed by atoms with Crippen LogP contribution in [0.1, 0.15) is 16.1 Å². The topological polar surface area (TPSA) is 63.2 Å². The van der Waals surface area contributed by atoms with E-state index in [1.54, 1.807) is 18.4 Å². The fraction of sp³-hybridized carbons (Fsp3) is 0.200. The number of nitrogens with one attached hydrogen (secondary N) is 2. The molecule has 5 nitrogen and oxygen atoms in total. The number of nitrogens with zero attached hydrogens (tertiary/aromatic N) is 1. The molecule has 0 radical (unpaired) electrons. The highest BCUT2D eigenvalue weighted by atomic mass is 32.1. The second kappa shape index (κ2) is 8.49. The Bertz CT molecular complexity index is 878. The van der Waals surface area contributed by atoms with Crippen LogP contribution in [-0.2, 0) is 13.1 Å². The van der Waals surface area contributed by atoms with Gasteiger partial charge < -0.3 is 15.4 Å². The molecule has 6 heteroatoms. The molecule has 134 valence electrons. The Hall–Kier alpha value is -2.86. The van der Waals surface area contributed by atoms with Crippen molar-refractivity contribution in [2.24, 2.45) is 0 Å². The van der Waals surface area contributed by atoms with E-state index in [0.717, 1.165) is 32.5 Å². The zero-order valence-electron chi connectivity index (χ0n) is 14.8. The lowest BCUT2D eigenvalue weighted by Gasteiger charge is -2.10. The quantitative estimate of drug-likeness (QED) is 0.689. The van der Waals surface area contributed by atoms with Crippen LogP contribution in [0.2, 0.25) is 0 Å².